The number of urea groups is 1. The van der Waals surface area contributed by atoms with Crippen molar-refractivity contribution in [1.29, 1.82) is 0 Å². The summed E-state index contributed by atoms with van der Waals surface area (Å²) < 4.78 is 34.0. The number of alkyl halides is 2. The largest absolute Gasteiger partial charge is 0.375 e. The molecule has 0 spiro atoms. The summed E-state index contributed by atoms with van der Waals surface area (Å²) in [4.78, 5) is 16.0. The number of ether oxygens (including phenoxy) is 1. The zero-order valence-electron chi connectivity index (χ0n) is 18.0. The molecule has 0 aliphatic carbocycles. The van der Waals surface area contributed by atoms with Crippen LogP contribution in [0.1, 0.15) is 23.1 Å². The van der Waals surface area contributed by atoms with Crippen LogP contribution in [0, 0.1) is 13.8 Å². The Morgan fingerprint density at radius 3 is 2.61 bits per heavy atom. The van der Waals surface area contributed by atoms with Crippen LogP contribution in [0.25, 0.3) is 0 Å². The maximum absolute atomic E-state index is 14.1. The van der Waals surface area contributed by atoms with Crippen LogP contribution in [0.15, 0.2) is 48.5 Å². The Labute approximate surface area is 182 Å². The fourth-order valence-corrected chi connectivity index (χ4v) is 4.37. The standard InChI is InChI=1S/C24H29F2N3O2/c1-17-8-9-22(18(2)10-17)27-23(30)28-12-21(13-28)29-16-24(25,26)11-20(29)15-31-14-19-6-4-3-5-7-19/h3-10,20-21H,11-16H2,1-2H3,(H,27,30)/t20-/m0/s1. The summed E-state index contributed by atoms with van der Waals surface area (Å²) in [5.74, 6) is -2.72. The summed E-state index contributed by atoms with van der Waals surface area (Å²) in [7, 11) is 0. The number of likely N-dealkylation sites (tertiary alicyclic amines) is 2. The van der Waals surface area contributed by atoms with E-state index in [2.05, 4.69) is 5.32 Å². The van der Waals surface area contributed by atoms with Crippen molar-refractivity contribution in [3.05, 3.63) is 65.2 Å². The summed E-state index contributed by atoms with van der Waals surface area (Å²) in [6, 6.07) is 15.0. The van der Waals surface area contributed by atoms with E-state index in [-0.39, 0.29) is 37.7 Å². The first-order valence-electron chi connectivity index (χ1n) is 10.7. The van der Waals surface area contributed by atoms with Crippen molar-refractivity contribution < 1.29 is 18.3 Å². The molecule has 2 aromatic rings. The van der Waals surface area contributed by atoms with Crippen LogP contribution in [0.4, 0.5) is 19.3 Å². The third-order valence-corrected chi connectivity index (χ3v) is 6.08. The molecule has 2 amide bonds. The van der Waals surface area contributed by atoms with Gasteiger partial charge in [0, 0.05) is 37.3 Å². The van der Waals surface area contributed by atoms with Gasteiger partial charge in [0.1, 0.15) is 0 Å². The Balaban J connectivity index is 1.29. The number of nitrogens with zero attached hydrogens (tertiary/aromatic N) is 2. The molecule has 0 bridgehead atoms. The Morgan fingerprint density at radius 1 is 1.16 bits per heavy atom. The van der Waals surface area contributed by atoms with Crippen LogP contribution < -0.4 is 5.32 Å². The second-order valence-electron chi connectivity index (χ2n) is 8.69. The van der Waals surface area contributed by atoms with E-state index >= 15 is 0 Å². The molecule has 2 aliphatic rings. The van der Waals surface area contributed by atoms with Gasteiger partial charge in [-0.15, -0.1) is 0 Å². The van der Waals surface area contributed by atoms with Gasteiger partial charge >= 0.3 is 6.03 Å². The molecule has 2 fully saturated rings. The smallest absolute Gasteiger partial charge is 0.321 e. The van der Waals surface area contributed by atoms with Crippen LogP contribution in [0.3, 0.4) is 0 Å². The van der Waals surface area contributed by atoms with Gasteiger partial charge in [-0.05, 0) is 31.0 Å². The molecule has 7 heteroatoms. The number of rotatable bonds is 6. The van der Waals surface area contributed by atoms with Crippen molar-refractivity contribution in [2.24, 2.45) is 0 Å². The molecule has 0 saturated carbocycles. The average molecular weight is 430 g/mol. The van der Waals surface area contributed by atoms with Crippen LogP contribution >= 0.6 is 0 Å². The van der Waals surface area contributed by atoms with Crippen molar-refractivity contribution in [2.75, 3.05) is 31.6 Å². The predicted octanol–water partition coefficient (Wildman–Crippen LogP) is 4.45. The van der Waals surface area contributed by atoms with Crippen LogP contribution in [-0.4, -0.2) is 60.1 Å². The van der Waals surface area contributed by atoms with E-state index in [0.29, 0.717) is 19.7 Å². The minimum Gasteiger partial charge on any atom is -0.375 e. The lowest BCUT2D eigenvalue weighted by atomic mass is 10.1. The van der Waals surface area contributed by atoms with Crippen LogP contribution in [0.2, 0.25) is 0 Å². The van der Waals surface area contributed by atoms with Gasteiger partial charge in [0.05, 0.1) is 19.8 Å². The molecule has 166 valence electrons. The lowest BCUT2D eigenvalue weighted by Gasteiger charge is -2.45. The van der Waals surface area contributed by atoms with Crippen molar-refractivity contribution >= 4 is 11.7 Å². The second-order valence-corrected chi connectivity index (χ2v) is 8.69. The van der Waals surface area contributed by atoms with E-state index < -0.39 is 5.92 Å². The molecule has 2 aliphatic heterocycles. The van der Waals surface area contributed by atoms with Crippen molar-refractivity contribution in [3.63, 3.8) is 0 Å². The number of hydrogen-bond donors (Lipinski definition) is 1. The van der Waals surface area contributed by atoms with Gasteiger partial charge in [0.2, 0.25) is 0 Å². The van der Waals surface area contributed by atoms with E-state index in [9.17, 15) is 13.6 Å². The highest BCUT2D eigenvalue weighted by Gasteiger charge is 2.50. The number of hydrogen-bond acceptors (Lipinski definition) is 3. The number of nitrogens with one attached hydrogen (secondary N) is 1. The first kappa shape index (κ1) is 21.7. The Morgan fingerprint density at radius 2 is 1.90 bits per heavy atom. The molecular weight excluding hydrogens is 400 g/mol. The molecule has 2 saturated heterocycles. The third kappa shape index (κ3) is 5.22. The molecule has 31 heavy (non-hydrogen) atoms. The van der Waals surface area contributed by atoms with Gasteiger partial charge in [-0.2, -0.15) is 0 Å². The van der Waals surface area contributed by atoms with Crippen LogP contribution in [0.5, 0.6) is 0 Å². The van der Waals surface area contributed by atoms with Crippen molar-refractivity contribution in [2.45, 2.75) is 44.9 Å². The summed E-state index contributed by atoms with van der Waals surface area (Å²) in [5.41, 5.74) is 3.94. The molecule has 1 atom stereocenters. The zero-order chi connectivity index (χ0) is 22.0. The molecular formula is C24H29F2N3O2. The first-order chi connectivity index (χ1) is 14.8. The predicted molar refractivity (Wildman–Crippen MR) is 116 cm³/mol. The Kier molecular flexibility index (Phi) is 6.25. The number of amides is 2. The maximum atomic E-state index is 14.1. The fraction of sp³-hybridized carbons (Fsp3) is 0.458. The Hall–Kier alpha value is -2.51. The molecule has 0 radical (unpaired) electrons. The molecule has 2 heterocycles. The molecule has 0 aromatic heterocycles. The van der Waals surface area contributed by atoms with Gasteiger partial charge in [-0.25, -0.2) is 13.6 Å². The summed E-state index contributed by atoms with van der Waals surface area (Å²) in [6.07, 6.45) is -0.201. The van der Waals surface area contributed by atoms with Gasteiger partial charge in [-0.3, -0.25) is 4.90 Å². The van der Waals surface area contributed by atoms with Crippen molar-refractivity contribution in [3.8, 4) is 0 Å². The molecule has 0 unspecified atom stereocenters. The highest BCUT2D eigenvalue weighted by atomic mass is 19.3. The highest BCUT2D eigenvalue weighted by Crippen LogP contribution is 2.35. The molecule has 1 N–H and O–H groups in total. The van der Waals surface area contributed by atoms with Gasteiger partial charge in [0.25, 0.3) is 5.92 Å². The maximum Gasteiger partial charge on any atom is 0.321 e. The van der Waals surface area contributed by atoms with E-state index in [0.717, 1.165) is 22.4 Å². The topological polar surface area (TPSA) is 44.8 Å². The average Bonchev–Trinajstić information content (AvgIpc) is 2.98. The summed E-state index contributed by atoms with van der Waals surface area (Å²) >= 11 is 0. The number of anilines is 1. The number of carbonyl (C=O) groups excluding carboxylic acids is 1. The fourth-order valence-electron chi connectivity index (χ4n) is 4.37. The first-order valence-corrected chi connectivity index (χ1v) is 10.7. The highest BCUT2D eigenvalue weighted by molar-refractivity contribution is 5.90. The SMILES string of the molecule is Cc1ccc(NC(=O)N2CC(N3CC(F)(F)C[C@H]3COCc3ccccc3)C2)c(C)c1. The van der Waals surface area contributed by atoms with E-state index in [1.54, 1.807) is 4.90 Å². The second kappa shape index (κ2) is 8.93. The molecule has 5 nitrogen and oxygen atoms in total. The zero-order valence-corrected chi connectivity index (χ0v) is 18.0. The van der Waals surface area contributed by atoms with Crippen LogP contribution in [-0.2, 0) is 11.3 Å². The summed E-state index contributed by atoms with van der Waals surface area (Å²) in [6.45, 7) is 5.24. The van der Waals surface area contributed by atoms with Gasteiger partial charge in [-0.1, -0.05) is 48.0 Å². The lowest BCUT2D eigenvalue weighted by Crippen LogP contribution is -2.63. The minimum atomic E-state index is -2.72. The third-order valence-electron chi connectivity index (χ3n) is 6.08. The van der Waals surface area contributed by atoms with E-state index in [4.69, 9.17) is 4.74 Å². The molecule has 2 aromatic carbocycles. The van der Waals surface area contributed by atoms with E-state index in [1.165, 1.54) is 0 Å². The number of benzene rings is 2. The van der Waals surface area contributed by atoms with Gasteiger partial charge in [0.15, 0.2) is 0 Å². The molecule has 4 rings (SSSR count). The lowest BCUT2D eigenvalue weighted by molar-refractivity contribution is -0.00970. The monoisotopic (exact) mass is 429 g/mol. The number of aryl methyl sites for hydroxylation is 2. The van der Waals surface area contributed by atoms with E-state index in [1.807, 2.05) is 67.3 Å². The summed E-state index contributed by atoms with van der Waals surface area (Å²) in [5, 5.41) is 2.93. The van der Waals surface area contributed by atoms with Crippen molar-refractivity contribution in [1.82, 2.24) is 9.80 Å². The quantitative estimate of drug-likeness (QED) is 0.738. The minimum absolute atomic E-state index is 0.0661. The Bertz CT molecular complexity index is 916. The normalized spacial score (nSPS) is 21.2. The van der Waals surface area contributed by atoms with Gasteiger partial charge < -0.3 is 15.0 Å². The number of halogens is 2. The number of carbonyl (C=O) groups is 1.